The van der Waals surface area contributed by atoms with Crippen LogP contribution >= 0.6 is 15.9 Å². The van der Waals surface area contributed by atoms with Gasteiger partial charge in [-0.1, -0.05) is 33.1 Å². The first-order chi connectivity index (χ1) is 8.54. The first-order valence-electron chi connectivity index (χ1n) is 5.70. The molecule has 1 amide bonds. The van der Waals surface area contributed by atoms with Crippen molar-refractivity contribution in [2.75, 3.05) is 5.32 Å². The van der Waals surface area contributed by atoms with Gasteiger partial charge in [-0.25, -0.2) is 0 Å². The van der Waals surface area contributed by atoms with Gasteiger partial charge in [-0.05, 0) is 50.2 Å². The highest BCUT2D eigenvalue weighted by Gasteiger charge is 2.06. The van der Waals surface area contributed by atoms with E-state index < -0.39 is 0 Å². The molecule has 0 aromatic heterocycles. The third-order valence-corrected chi connectivity index (χ3v) is 3.11. The summed E-state index contributed by atoms with van der Waals surface area (Å²) in [5, 5.41) is 2.88. The van der Waals surface area contributed by atoms with Crippen molar-refractivity contribution < 1.29 is 4.79 Å². The average molecular weight is 304 g/mol. The minimum atomic E-state index is -0.0795. The second-order valence-corrected chi connectivity index (χ2v) is 5.25. The summed E-state index contributed by atoms with van der Waals surface area (Å²) in [4.78, 5) is 12.1. The number of halogens is 1. The lowest BCUT2D eigenvalue weighted by molar-refractivity contribution is 0.102. The summed E-state index contributed by atoms with van der Waals surface area (Å²) in [6.45, 7) is 3.98. The molecule has 0 fully saturated rings. The molecule has 3 heteroatoms. The Kier molecular flexibility index (Phi) is 3.82. The third-order valence-electron chi connectivity index (χ3n) is 2.59. The van der Waals surface area contributed by atoms with Crippen LogP contribution in [-0.4, -0.2) is 5.91 Å². The van der Waals surface area contributed by atoms with Gasteiger partial charge in [0.1, 0.15) is 0 Å². The fourth-order valence-corrected chi connectivity index (χ4v) is 2.11. The van der Waals surface area contributed by atoms with E-state index in [0.717, 1.165) is 21.3 Å². The molecule has 0 spiro atoms. The molecule has 2 rings (SSSR count). The van der Waals surface area contributed by atoms with Crippen LogP contribution < -0.4 is 5.32 Å². The first-order valence-corrected chi connectivity index (χ1v) is 6.49. The summed E-state index contributed by atoms with van der Waals surface area (Å²) in [6.07, 6.45) is 0. The molecule has 0 atom stereocenters. The van der Waals surface area contributed by atoms with E-state index in [1.807, 2.05) is 50.2 Å². The Morgan fingerprint density at radius 1 is 1.00 bits per heavy atom. The van der Waals surface area contributed by atoms with Gasteiger partial charge in [0.25, 0.3) is 5.91 Å². The SMILES string of the molecule is Cc1cc(C)cc(C(=O)Nc2ccc(Br)cc2)c1. The van der Waals surface area contributed by atoms with Crippen LogP contribution in [0.3, 0.4) is 0 Å². The molecular weight excluding hydrogens is 290 g/mol. The minimum absolute atomic E-state index is 0.0795. The fourth-order valence-electron chi connectivity index (χ4n) is 1.84. The van der Waals surface area contributed by atoms with Crippen molar-refractivity contribution in [3.63, 3.8) is 0 Å². The standard InChI is InChI=1S/C15H14BrNO/c1-10-7-11(2)9-12(8-10)15(18)17-14-5-3-13(16)4-6-14/h3-9H,1-2H3,(H,17,18). The van der Waals surface area contributed by atoms with Crippen LogP contribution in [0.1, 0.15) is 21.5 Å². The van der Waals surface area contributed by atoms with Crippen molar-refractivity contribution in [1.29, 1.82) is 0 Å². The highest BCUT2D eigenvalue weighted by Crippen LogP contribution is 2.16. The van der Waals surface area contributed by atoms with Crippen LogP contribution in [0.4, 0.5) is 5.69 Å². The fraction of sp³-hybridized carbons (Fsp3) is 0.133. The third kappa shape index (κ3) is 3.20. The lowest BCUT2D eigenvalue weighted by Crippen LogP contribution is -2.12. The normalized spacial score (nSPS) is 10.2. The molecule has 2 nitrogen and oxygen atoms in total. The van der Waals surface area contributed by atoms with Gasteiger partial charge in [-0.2, -0.15) is 0 Å². The van der Waals surface area contributed by atoms with Crippen LogP contribution in [0.2, 0.25) is 0 Å². The number of anilines is 1. The van der Waals surface area contributed by atoms with Crippen LogP contribution in [0, 0.1) is 13.8 Å². The Bertz CT molecular complexity index is 555. The van der Waals surface area contributed by atoms with Gasteiger partial charge in [-0.15, -0.1) is 0 Å². The second-order valence-electron chi connectivity index (χ2n) is 4.34. The molecule has 2 aromatic carbocycles. The Morgan fingerprint density at radius 3 is 2.11 bits per heavy atom. The predicted octanol–water partition coefficient (Wildman–Crippen LogP) is 4.32. The molecule has 0 aliphatic carbocycles. The number of hydrogen-bond donors (Lipinski definition) is 1. The van der Waals surface area contributed by atoms with Crippen molar-refractivity contribution in [1.82, 2.24) is 0 Å². The van der Waals surface area contributed by atoms with E-state index in [0.29, 0.717) is 5.56 Å². The largest absolute Gasteiger partial charge is 0.322 e. The first kappa shape index (κ1) is 12.8. The van der Waals surface area contributed by atoms with Gasteiger partial charge in [0.2, 0.25) is 0 Å². The van der Waals surface area contributed by atoms with Gasteiger partial charge < -0.3 is 5.32 Å². The van der Waals surface area contributed by atoms with Gasteiger partial charge >= 0.3 is 0 Å². The smallest absolute Gasteiger partial charge is 0.255 e. The summed E-state index contributed by atoms with van der Waals surface area (Å²) in [5.41, 5.74) is 3.67. The number of aryl methyl sites for hydroxylation is 2. The Morgan fingerprint density at radius 2 is 1.56 bits per heavy atom. The molecular formula is C15H14BrNO. The number of carbonyl (C=O) groups excluding carboxylic acids is 1. The molecule has 0 saturated carbocycles. The summed E-state index contributed by atoms with van der Waals surface area (Å²) in [7, 11) is 0. The Labute approximate surface area is 115 Å². The maximum Gasteiger partial charge on any atom is 0.255 e. The van der Waals surface area contributed by atoms with E-state index in [1.54, 1.807) is 0 Å². The van der Waals surface area contributed by atoms with Gasteiger partial charge in [0.05, 0.1) is 0 Å². The van der Waals surface area contributed by atoms with Gasteiger partial charge in [0.15, 0.2) is 0 Å². The maximum absolute atomic E-state index is 12.1. The molecule has 0 bridgehead atoms. The lowest BCUT2D eigenvalue weighted by atomic mass is 10.1. The summed E-state index contributed by atoms with van der Waals surface area (Å²) in [5.74, 6) is -0.0795. The van der Waals surface area contributed by atoms with Gasteiger partial charge in [-0.3, -0.25) is 4.79 Å². The molecule has 18 heavy (non-hydrogen) atoms. The zero-order chi connectivity index (χ0) is 13.1. The molecule has 0 saturated heterocycles. The molecule has 0 aliphatic heterocycles. The molecule has 0 radical (unpaired) electrons. The van der Waals surface area contributed by atoms with Crippen molar-refractivity contribution in [3.8, 4) is 0 Å². The van der Waals surface area contributed by atoms with E-state index >= 15 is 0 Å². The lowest BCUT2D eigenvalue weighted by Gasteiger charge is -2.07. The Balaban J connectivity index is 2.19. The van der Waals surface area contributed by atoms with Crippen molar-refractivity contribution >= 4 is 27.5 Å². The maximum atomic E-state index is 12.1. The number of hydrogen-bond acceptors (Lipinski definition) is 1. The molecule has 0 aliphatic rings. The molecule has 0 heterocycles. The van der Waals surface area contributed by atoms with Crippen LogP contribution in [0.5, 0.6) is 0 Å². The summed E-state index contributed by atoms with van der Waals surface area (Å²) < 4.78 is 0.992. The van der Waals surface area contributed by atoms with E-state index in [1.165, 1.54) is 0 Å². The van der Waals surface area contributed by atoms with E-state index in [9.17, 15) is 4.79 Å². The van der Waals surface area contributed by atoms with E-state index in [-0.39, 0.29) is 5.91 Å². The van der Waals surface area contributed by atoms with Gasteiger partial charge in [0, 0.05) is 15.7 Å². The molecule has 1 N–H and O–H groups in total. The quantitative estimate of drug-likeness (QED) is 0.879. The molecule has 2 aromatic rings. The monoisotopic (exact) mass is 303 g/mol. The summed E-state index contributed by atoms with van der Waals surface area (Å²) >= 11 is 3.36. The highest BCUT2D eigenvalue weighted by atomic mass is 79.9. The number of amides is 1. The van der Waals surface area contributed by atoms with E-state index in [4.69, 9.17) is 0 Å². The number of nitrogens with one attached hydrogen (secondary N) is 1. The zero-order valence-electron chi connectivity index (χ0n) is 10.3. The van der Waals surface area contributed by atoms with Crippen molar-refractivity contribution in [3.05, 3.63) is 63.6 Å². The Hall–Kier alpha value is -1.61. The highest BCUT2D eigenvalue weighted by molar-refractivity contribution is 9.10. The zero-order valence-corrected chi connectivity index (χ0v) is 11.9. The van der Waals surface area contributed by atoms with Crippen LogP contribution in [0.15, 0.2) is 46.9 Å². The predicted molar refractivity (Wildman–Crippen MR) is 78.0 cm³/mol. The number of benzene rings is 2. The number of rotatable bonds is 2. The van der Waals surface area contributed by atoms with Crippen molar-refractivity contribution in [2.45, 2.75) is 13.8 Å². The topological polar surface area (TPSA) is 29.1 Å². The molecule has 0 unspecified atom stereocenters. The average Bonchev–Trinajstić information content (AvgIpc) is 2.31. The van der Waals surface area contributed by atoms with E-state index in [2.05, 4.69) is 27.3 Å². The second kappa shape index (κ2) is 5.36. The van der Waals surface area contributed by atoms with Crippen LogP contribution in [0.25, 0.3) is 0 Å². The van der Waals surface area contributed by atoms with Crippen molar-refractivity contribution in [2.24, 2.45) is 0 Å². The minimum Gasteiger partial charge on any atom is -0.322 e. The number of carbonyl (C=O) groups is 1. The summed E-state index contributed by atoms with van der Waals surface area (Å²) in [6, 6.07) is 13.4. The molecule has 92 valence electrons. The van der Waals surface area contributed by atoms with Crippen LogP contribution in [-0.2, 0) is 0 Å².